The molecular formula is C12H12F3NO4. The first-order valence-corrected chi connectivity index (χ1v) is 5.64. The molecule has 1 heterocycles. The standard InChI is InChI=1S/C12H12F3NO4/c1-11(2)10(19)16-7-3-5(9(17)18)6(12(13,14)15)4-8(7)20-11/h3-4,10,16,19H,1-2H3,(H,17,18). The van der Waals surface area contributed by atoms with E-state index in [0.29, 0.717) is 6.07 Å². The molecule has 0 fully saturated rings. The quantitative estimate of drug-likeness (QED) is 0.740. The molecule has 0 aromatic heterocycles. The Balaban J connectivity index is 2.61. The number of aromatic carboxylic acids is 1. The number of ether oxygens (including phenoxy) is 1. The number of carboxylic acid groups (broad SMARTS) is 1. The maximum Gasteiger partial charge on any atom is 0.417 e. The van der Waals surface area contributed by atoms with Crippen LogP contribution in [-0.2, 0) is 6.18 Å². The van der Waals surface area contributed by atoms with E-state index in [4.69, 9.17) is 9.84 Å². The number of nitrogens with one attached hydrogen (secondary N) is 1. The molecule has 5 nitrogen and oxygen atoms in total. The molecule has 1 aromatic rings. The molecule has 1 unspecified atom stereocenters. The van der Waals surface area contributed by atoms with E-state index in [9.17, 15) is 23.1 Å². The second kappa shape index (κ2) is 4.27. The highest BCUT2D eigenvalue weighted by Crippen LogP contribution is 2.42. The summed E-state index contributed by atoms with van der Waals surface area (Å²) in [5, 5.41) is 21.1. The third kappa shape index (κ3) is 2.38. The highest BCUT2D eigenvalue weighted by molar-refractivity contribution is 5.92. The molecule has 0 radical (unpaired) electrons. The van der Waals surface area contributed by atoms with Crippen molar-refractivity contribution in [3.63, 3.8) is 0 Å². The van der Waals surface area contributed by atoms with Gasteiger partial charge in [0.15, 0.2) is 6.23 Å². The van der Waals surface area contributed by atoms with E-state index >= 15 is 0 Å². The Morgan fingerprint density at radius 2 is 2.00 bits per heavy atom. The van der Waals surface area contributed by atoms with Crippen molar-refractivity contribution in [1.29, 1.82) is 0 Å². The Bertz CT molecular complexity index is 569. The van der Waals surface area contributed by atoms with Gasteiger partial charge < -0.3 is 20.3 Å². The van der Waals surface area contributed by atoms with Crippen LogP contribution in [-0.4, -0.2) is 28.0 Å². The molecule has 1 atom stereocenters. The fourth-order valence-corrected chi connectivity index (χ4v) is 1.85. The number of aliphatic hydroxyl groups is 1. The van der Waals surface area contributed by atoms with Crippen molar-refractivity contribution < 1.29 is 32.9 Å². The number of carboxylic acids is 1. The third-order valence-electron chi connectivity index (χ3n) is 2.98. The summed E-state index contributed by atoms with van der Waals surface area (Å²) in [6, 6.07) is 1.43. The van der Waals surface area contributed by atoms with E-state index < -0.39 is 35.1 Å². The van der Waals surface area contributed by atoms with Crippen LogP contribution in [0, 0.1) is 0 Å². The second-order valence-electron chi connectivity index (χ2n) is 4.95. The summed E-state index contributed by atoms with van der Waals surface area (Å²) in [6.07, 6.45) is -5.99. The lowest BCUT2D eigenvalue weighted by Gasteiger charge is -2.38. The van der Waals surface area contributed by atoms with Crippen molar-refractivity contribution in [3.8, 4) is 5.75 Å². The summed E-state index contributed by atoms with van der Waals surface area (Å²) < 4.78 is 43.9. The van der Waals surface area contributed by atoms with Crippen LogP contribution >= 0.6 is 0 Å². The van der Waals surface area contributed by atoms with Crippen molar-refractivity contribution in [2.24, 2.45) is 0 Å². The lowest BCUT2D eigenvalue weighted by atomic mass is 10.0. The first-order chi connectivity index (χ1) is 9.02. The van der Waals surface area contributed by atoms with E-state index in [1.807, 2.05) is 0 Å². The van der Waals surface area contributed by atoms with Gasteiger partial charge in [-0.15, -0.1) is 0 Å². The van der Waals surface area contributed by atoms with Crippen LogP contribution in [0.4, 0.5) is 18.9 Å². The molecule has 1 aliphatic heterocycles. The average Bonchev–Trinajstić information content (AvgIpc) is 2.27. The summed E-state index contributed by atoms with van der Waals surface area (Å²) in [5.41, 5.74) is -3.33. The molecule has 0 amide bonds. The van der Waals surface area contributed by atoms with Crippen LogP contribution < -0.4 is 10.1 Å². The Kier molecular flexibility index (Phi) is 3.09. The number of halogens is 3. The Hall–Kier alpha value is -1.96. The van der Waals surface area contributed by atoms with E-state index in [-0.39, 0.29) is 11.4 Å². The normalized spacial score (nSPS) is 20.6. The number of hydrogen-bond acceptors (Lipinski definition) is 4. The van der Waals surface area contributed by atoms with E-state index in [2.05, 4.69) is 5.32 Å². The van der Waals surface area contributed by atoms with E-state index in [1.165, 1.54) is 13.8 Å². The van der Waals surface area contributed by atoms with Gasteiger partial charge in [0.05, 0.1) is 16.8 Å². The molecule has 3 N–H and O–H groups in total. The number of rotatable bonds is 1. The van der Waals surface area contributed by atoms with Crippen molar-refractivity contribution in [2.45, 2.75) is 31.9 Å². The smallest absolute Gasteiger partial charge is 0.417 e. The predicted octanol–water partition coefficient (Wildman–Crippen LogP) is 2.30. The lowest BCUT2D eigenvalue weighted by molar-refractivity contribution is -0.138. The van der Waals surface area contributed by atoms with E-state index in [0.717, 1.165) is 6.07 Å². The van der Waals surface area contributed by atoms with Crippen LogP contribution in [0.5, 0.6) is 5.75 Å². The van der Waals surface area contributed by atoms with Gasteiger partial charge in [0.1, 0.15) is 11.4 Å². The molecule has 0 bridgehead atoms. The van der Waals surface area contributed by atoms with Crippen LogP contribution in [0.3, 0.4) is 0 Å². The van der Waals surface area contributed by atoms with Gasteiger partial charge in [-0.3, -0.25) is 0 Å². The monoisotopic (exact) mass is 291 g/mol. The number of carbonyl (C=O) groups is 1. The minimum atomic E-state index is -4.81. The molecule has 110 valence electrons. The second-order valence-corrected chi connectivity index (χ2v) is 4.95. The Morgan fingerprint density at radius 3 is 2.50 bits per heavy atom. The Morgan fingerprint density at radius 1 is 1.40 bits per heavy atom. The van der Waals surface area contributed by atoms with E-state index in [1.54, 1.807) is 0 Å². The minimum Gasteiger partial charge on any atom is -0.481 e. The highest BCUT2D eigenvalue weighted by atomic mass is 19.4. The zero-order valence-corrected chi connectivity index (χ0v) is 10.6. The predicted molar refractivity (Wildman–Crippen MR) is 62.7 cm³/mol. The first-order valence-electron chi connectivity index (χ1n) is 5.64. The zero-order chi connectivity index (χ0) is 15.3. The fourth-order valence-electron chi connectivity index (χ4n) is 1.85. The average molecular weight is 291 g/mol. The molecular weight excluding hydrogens is 279 g/mol. The van der Waals surface area contributed by atoms with Gasteiger partial charge in [-0.05, 0) is 26.0 Å². The van der Waals surface area contributed by atoms with Crippen LogP contribution in [0.25, 0.3) is 0 Å². The van der Waals surface area contributed by atoms with Crippen LogP contribution in [0.2, 0.25) is 0 Å². The number of anilines is 1. The van der Waals surface area contributed by atoms with Crippen molar-refractivity contribution >= 4 is 11.7 Å². The van der Waals surface area contributed by atoms with Gasteiger partial charge in [0.2, 0.25) is 0 Å². The molecule has 0 aliphatic carbocycles. The summed E-state index contributed by atoms with van der Waals surface area (Å²) in [4.78, 5) is 10.9. The molecule has 1 aliphatic rings. The SMILES string of the molecule is CC1(C)Oc2cc(C(F)(F)F)c(C(=O)O)cc2NC1O. The zero-order valence-electron chi connectivity index (χ0n) is 10.6. The van der Waals surface area contributed by atoms with Gasteiger partial charge in [-0.1, -0.05) is 0 Å². The number of aliphatic hydroxyl groups excluding tert-OH is 1. The fraction of sp³-hybridized carbons (Fsp3) is 0.417. The summed E-state index contributed by atoms with van der Waals surface area (Å²) in [5.74, 6) is -1.86. The number of alkyl halides is 3. The summed E-state index contributed by atoms with van der Waals surface area (Å²) >= 11 is 0. The third-order valence-corrected chi connectivity index (χ3v) is 2.98. The molecule has 8 heteroatoms. The maximum absolute atomic E-state index is 12.9. The molecule has 1 aromatic carbocycles. The van der Waals surface area contributed by atoms with Crippen LogP contribution in [0.15, 0.2) is 12.1 Å². The van der Waals surface area contributed by atoms with Gasteiger partial charge in [-0.2, -0.15) is 13.2 Å². The van der Waals surface area contributed by atoms with Crippen LogP contribution in [0.1, 0.15) is 29.8 Å². The van der Waals surface area contributed by atoms with Gasteiger partial charge in [-0.25, -0.2) is 4.79 Å². The van der Waals surface area contributed by atoms with Gasteiger partial charge in [0.25, 0.3) is 0 Å². The van der Waals surface area contributed by atoms with Crippen molar-refractivity contribution in [2.75, 3.05) is 5.32 Å². The summed E-state index contributed by atoms with van der Waals surface area (Å²) in [6.45, 7) is 2.98. The topological polar surface area (TPSA) is 78.8 Å². The number of benzene rings is 1. The highest BCUT2D eigenvalue weighted by Gasteiger charge is 2.40. The van der Waals surface area contributed by atoms with Crippen molar-refractivity contribution in [1.82, 2.24) is 0 Å². The lowest BCUT2D eigenvalue weighted by Crippen LogP contribution is -2.49. The first kappa shape index (κ1) is 14.4. The van der Waals surface area contributed by atoms with Crippen molar-refractivity contribution in [3.05, 3.63) is 23.3 Å². The minimum absolute atomic E-state index is 0.00206. The number of fused-ring (bicyclic) bond motifs is 1. The van der Waals surface area contributed by atoms with Gasteiger partial charge >= 0.3 is 12.1 Å². The van der Waals surface area contributed by atoms with Gasteiger partial charge in [0, 0.05) is 0 Å². The Labute approximate surface area is 112 Å². The number of hydrogen-bond donors (Lipinski definition) is 3. The molecule has 0 spiro atoms. The molecule has 0 saturated carbocycles. The largest absolute Gasteiger partial charge is 0.481 e. The summed E-state index contributed by atoms with van der Waals surface area (Å²) in [7, 11) is 0. The molecule has 0 saturated heterocycles. The maximum atomic E-state index is 12.9. The molecule has 20 heavy (non-hydrogen) atoms. The molecule has 2 rings (SSSR count).